The van der Waals surface area contributed by atoms with Gasteiger partial charge in [0, 0.05) is 6.54 Å². The van der Waals surface area contributed by atoms with Gasteiger partial charge in [0.15, 0.2) is 5.82 Å². The summed E-state index contributed by atoms with van der Waals surface area (Å²) in [5.41, 5.74) is 2.06. The molecule has 1 aromatic heterocycles. The summed E-state index contributed by atoms with van der Waals surface area (Å²) in [5.74, 6) is -0.404. The average Bonchev–Trinajstić information content (AvgIpc) is 2.62. The number of hydrogen-bond donors (Lipinski definition) is 3. The predicted octanol–water partition coefficient (Wildman–Crippen LogP) is 1.39. The molecule has 0 aliphatic carbocycles. The molecular formula is C18H17N3O3. The molecule has 6 heteroatoms. The Morgan fingerprint density at radius 3 is 2.54 bits per heavy atom. The van der Waals surface area contributed by atoms with E-state index in [1.165, 1.54) is 0 Å². The molecule has 0 atom stereocenters. The Balaban J connectivity index is 1.65. The first kappa shape index (κ1) is 15.9. The standard InChI is InChI=1S/C18H17N3O3/c22-11-13-7-5-12(6-8-13)9-10-19-18(24)16-20-15-4-2-1-3-14(15)17(23)21-16/h1-8,22H,9-11H2,(H,19,24)(H,20,21,23). The fourth-order valence-corrected chi connectivity index (χ4v) is 2.41. The molecule has 0 spiro atoms. The SMILES string of the molecule is O=C(NCCc1ccc(CO)cc1)c1nc2ccccc2c(=O)[nH]1. The van der Waals surface area contributed by atoms with Crippen LogP contribution in [0.25, 0.3) is 10.9 Å². The fourth-order valence-electron chi connectivity index (χ4n) is 2.41. The molecule has 0 aliphatic heterocycles. The number of aliphatic hydroxyl groups excluding tert-OH is 1. The van der Waals surface area contributed by atoms with E-state index >= 15 is 0 Å². The maximum atomic E-state index is 12.2. The molecule has 3 N–H and O–H groups in total. The van der Waals surface area contributed by atoms with Crippen molar-refractivity contribution in [2.75, 3.05) is 6.54 Å². The molecule has 0 saturated carbocycles. The van der Waals surface area contributed by atoms with Gasteiger partial charge in [-0.2, -0.15) is 0 Å². The Kier molecular flexibility index (Phi) is 4.67. The molecule has 0 saturated heterocycles. The quantitative estimate of drug-likeness (QED) is 0.661. The molecule has 24 heavy (non-hydrogen) atoms. The topological polar surface area (TPSA) is 95.1 Å². The Morgan fingerprint density at radius 2 is 1.79 bits per heavy atom. The summed E-state index contributed by atoms with van der Waals surface area (Å²) >= 11 is 0. The van der Waals surface area contributed by atoms with Crippen LogP contribution in [0.3, 0.4) is 0 Å². The van der Waals surface area contributed by atoms with E-state index in [0.717, 1.165) is 11.1 Å². The Hall–Kier alpha value is -2.99. The van der Waals surface area contributed by atoms with Gasteiger partial charge in [-0.15, -0.1) is 0 Å². The number of aromatic nitrogens is 2. The van der Waals surface area contributed by atoms with Crippen LogP contribution in [0.1, 0.15) is 21.7 Å². The van der Waals surface area contributed by atoms with Crippen LogP contribution < -0.4 is 10.9 Å². The summed E-state index contributed by atoms with van der Waals surface area (Å²) < 4.78 is 0. The lowest BCUT2D eigenvalue weighted by molar-refractivity contribution is 0.0944. The minimum atomic E-state index is -0.412. The van der Waals surface area contributed by atoms with Crippen molar-refractivity contribution in [1.82, 2.24) is 15.3 Å². The number of aromatic amines is 1. The molecule has 2 aromatic carbocycles. The number of benzene rings is 2. The number of H-pyrrole nitrogens is 1. The summed E-state index contributed by atoms with van der Waals surface area (Å²) in [7, 11) is 0. The minimum absolute atomic E-state index is 0.00864. The van der Waals surface area contributed by atoms with Crippen LogP contribution in [0.4, 0.5) is 0 Å². The number of nitrogens with one attached hydrogen (secondary N) is 2. The Morgan fingerprint density at radius 1 is 1.08 bits per heavy atom. The van der Waals surface area contributed by atoms with Gasteiger partial charge in [0.05, 0.1) is 17.5 Å². The lowest BCUT2D eigenvalue weighted by Crippen LogP contribution is -2.29. The summed E-state index contributed by atoms with van der Waals surface area (Å²) in [6, 6.07) is 14.4. The molecule has 1 amide bonds. The first-order valence-electron chi connectivity index (χ1n) is 7.63. The largest absolute Gasteiger partial charge is 0.392 e. The number of fused-ring (bicyclic) bond motifs is 1. The summed E-state index contributed by atoms with van der Waals surface area (Å²) in [6.45, 7) is 0.436. The maximum absolute atomic E-state index is 12.2. The second-order valence-corrected chi connectivity index (χ2v) is 5.41. The van der Waals surface area contributed by atoms with Crippen molar-refractivity contribution in [3.8, 4) is 0 Å². The van der Waals surface area contributed by atoms with Crippen LogP contribution in [-0.4, -0.2) is 27.5 Å². The van der Waals surface area contributed by atoms with Crippen molar-refractivity contribution in [2.24, 2.45) is 0 Å². The monoisotopic (exact) mass is 323 g/mol. The molecule has 0 radical (unpaired) electrons. The fraction of sp³-hybridized carbons (Fsp3) is 0.167. The van der Waals surface area contributed by atoms with Gasteiger partial charge in [-0.1, -0.05) is 36.4 Å². The average molecular weight is 323 g/mol. The molecule has 0 aliphatic rings. The van der Waals surface area contributed by atoms with Crippen LogP contribution in [0.2, 0.25) is 0 Å². The zero-order valence-electron chi connectivity index (χ0n) is 13.0. The molecule has 0 unspecified atom stereocenters. The Bertz CT molecular complexity index is 917. The lowest BCUT2D eigenvalue weighted by Gasteiger charge is -2.06. The third-order valence-electron chi connectivity index (χ3n) is 3.73. The van der Waals surface area contributed by atoms with E-state index in [9.17, 15) is 9.59 Å². The number of nitrogens with zero attached hydrogens (tertiary/aromatic N) is 1. The maximum Gasteiger partial charge on any atom is 0.287 e. The Labute approximate surface area is 138 Å². The number of rotatable bonds is 5. The van der Waals surface area contributed by atoms with E-state index in [4.69, 9.17) is 5.11 Å². The van der Waals surface area contributed by atoms with Gasteiger partial charge in [0.1, 0.15) is 0 Å². The second-order valence-electron chi connectivity index (χ2n) is 5.41. The molecule has 3 rings (SSSR count). The van der Waals surface area contributed by atoms with E-state index in [2.05, 4.69) is 15.3 Å². The van der Waals surface area contributed by atoms with Crippen LogP contribution in [-0.2, 0) is 13.0 Å². The van der Waals surface area contributed by atoms with Gasteiger partial charge >= 0.3 is 0 Å². The van der Waals surface area contributed by atoms with E-state index < -0.39 is 5.91 Å². The third kappa shape index (κ3) is 3.49. The van der Waals surface area contributed by atoms with Crippen LogP contribution in [0.15, 0.2) is 53.3 Å². The molecule has 3 aromatic rings. The zero-order valence-corrected chi connectivity index (χ0v) is 13.0. The van der Waals surface area contributed by atoms with Gasteiger partial charge in [0.2, 0.25) is 0 Å². The summed E-state index contributed by atoms with van der Waals surface area (Å²) in [4.78, 5) is 30.8. The van der Waals surface area contributed by atoms with E-state index in [1.54, 1.807) is 24.3 Å². The number of amides is 1. The zero-order chi connectivity index (χ0) is 16.9. The number of aliphatic hydroxyl groups is 1. The van der Waals surface area contributed by atoms with Gasteiger partial charge in [-0.05, 0) is 29.7 Å². The van der Waals surface area contributed by atoms with Crippen molar-refractivity contribution in [1.29, 1.82) is 0 Å². The number of hydrogen-bond acceptors (Lipinski definition) is 4. The van der Waals surface area contributed by atoms with Crippen molar-refractivity contribution in [2.45, 2.75) is 13.0 Å². The minimum Gasteiger partial charge on any atom is -0.392 e. The summed E-state index contributed by atoms with van der Waals surface area (Å²) in [6.07, 6.45) is 0.648. The summed E-state index contributed by atoms with van der Waals surface area (Å²) in [5, 5.41) is 12.2. The van der Waals surface area contributed by atoms with Crippen LogP contribution in [0, 0.1) is 0 Å². The molecule has 122 valence electrons. The molecule has 6 nitrogen and oxygen atoms in total. The number of para-hydroxylation sites is 1. The third-order valence-corrected chi connectivity index (χ3v) is 3.73. The highest BCUT2D eigenvalue weighted by atomic mass is 16.3. The van der Waals surface area contributed by atoms with E-state index in [0.29, 0.717) is 23.9 Å². The highest BCUT2D eigenvalue weighted by molar-refractivity contribution is 5.92. The van der Waals surface area contributed by atoms with Crippen molar-refractivity contribution in [3.63, 3.8) is 0 Å². The van der Waals surface area contributed by atoms with Gasteiger partial charge < -0.3 is 15.4 Å². The first-order valence-corrected chi connectivity index (χ1v) is 7.63. The van der Waals surface area contributed by atoms with Gasteiger partial charge in [-0.3, -0.25) is 9.59 Å². The van der Waals surface area contributed by atoms with E-state index in [-0.39, 0.29) is 18.0 Å². The van der Waals surface area contributed by atoms with Crippen molar-refractivity contribution >= 4 is 16.8 Å². The second kappa shape index (κ2) is 7.06. The lowest BCUT2D eigenvalue weighted by atomic mass is 10.1. The smallest absolute Gasteiger partial charge is 0.287 e. The molecule has 0 bridgehead atoms. The van der Waals surface area contributed by atoms with Crippen molar-refractivity contribution < 1.29 is 9.90 Å². The van der Waals surface area contributed by atoms with E-state index in [1.807, 2.05) is 24.3 Å². The van der Waals surface area contributed by atoms with Crippen molar-refractivity contribution in [3.05, 3.63) is 75.8 Å². The highest BCUT2D eigenvalue weighted by Crippen LogP contribution is 2.06. The van der Waals surface area contributed by atoms with Crippen LogP contribution >= 0.6 is 0 Å². The van der Waals surface area contributed by atoms with Crippen LogP contribution in [0.5, 0.6) is 0 Å². The highest BCUT2D eigenvalue weighted by Gasteiger charge is 2.10. The molecule has 0 fully saturated rings. The number of carbonyl (C=O) groups excluding carboxylic acids is 1. The normalized spacial score (nSPS) is 10.7. The first-order chi connectivity index (χ1) is 11.7. The van der Waals surface area contributed by atoms with Gasteiger partial charge in [-0.25, -0.2) is 4.98 Å². The number of carbonyl (C=O) groups is 1. The predicted molar refractivity (Wildman–Crippen MR) is 90.8 cm³/mol. The molecular weight excluding hydrogens is 306 g/mol. The van der Waals surface area contributed by atoms with Gasteiger partial charge in [0.25, 0.3) is 11.5 Å². The molecule has 1 heterocycles.